The Bertz CT molecular complexity index is 212. The number of methoxy groups -OCH3 is 2. The van der Waals surface area contributed by atoms with Gasteiger partial charge in [0, 0.05) is 13.0 Å². The lowest BCUT2D eigenvalue weighted by Gasteiger charge is -2.27. The summed E-state index contributed by atoms with van der Waals surface area (Å²) in [4.78, 5) is 11.2. The van der Waals surface area contributed by atoms with E-state index in [1.54, 1.807) is 6.08 Å². The molecule has 1 rings (SSSR count). The number of carbonyl (C=O) groups is 1. The van der Waals surface area contributed by atoms with Crippen LogP contribution < -0.4 is 0 Å². The fourth-order valence-corrected chi connectivity index (χ4v) is 1.20. The lowest BCUT2D eigenvalue weighted by atomic mass is 10.0. The number of esters is 1. The van der Waals surface area contributed by atoms with E-state index in [4.69, 9.17) is 9.47 Å². The van der Waals surface area contributed by atoms with Gasteiger partial charge in [0.05, 0.1) is 7.11 Å². The smallest absolute Gasteiger partial charge is 0.335 e. The first-order chi connectivity index (χ1) is 6.19. The maximum Gasteiger partial charge on any atom is 0.335 e. The molecule has 0 aromatic rings. The minimum Gasteiger partial charge on any atom is -0.467 e. The molecule has 0 radical (unpaired) electrons. The summed E-state index contributed by atoms with van der Waals surface area (Å²) in [6, 6.07) is 0. The topological polar surface area (TPSA) is 44.8 Å². The number of ether oxygens (including phenoxy) is 3. The molecule has 1 aliphatic heterocycles. The van der Waals surface area contributed by atoms with Crippen LogP contribution in [0.5, 0.6) is 0 Å². The summed E-state index contributed by atoms with van der Waals surface area (Å²) in [7, 11) is 2.87. The van der Waals surface area contributed by atoms with E-state index in [0.717, 1.165) is 0 Å². The van der Waals surface area contributed by atoms with Crippen molar-refractivity contribution in [2.75, 3.05) is 14.2 Å². The average Bonchev–Trinajstić information content (AvgIpc) is 2.17. The highest BCUT2D eigenvalue weighted by atomic mass is 16.7. The van der Waals surface area contributed by atoms with Crippen molar-refractivity contribution in [2.24, 2.45) is 5.92 Å². The first-order valence-corrected chi connectivity index (χ1v) is 4.13. The van der Waals surface area contributed by atoms with Gasteiger partial charge in [0.1, 0.15) is 0 Å². The molecule has 0 saturated carbocycles. The molecule has 0 fully saturated rings. The van der Waals surface area contributed by atoms with E-state index in [2.05, 4.69) is 4.74 Å². The maximum absolute atomic E-state index is 11.2. The van der Waals surface area contributed by atoms with Gasteiger partial charge in [-0.05, 0) is 6.08 Å². The quantitative estimate of drug-likeness (QED) is 0.471. The summed E-state index contributed by atoms with van der Waals surface area (Å²) in [5.74, 6) is -0.335. The molecule has 4 nitrogen and oxygen atoms in total. The van der Waals surface area contributed by atoms with Gasteiger partial charge in [-0.25, -0.2) is 4.79 Å². The fraction of sp³-hybridized carbons (Fsp3) is 0.667. The van der Waals surface area contributed by atoms with Crippen molar-refractivity contribution in [1.29, 1.82) is 0 Å². The molecule has 1 aliphatic rings. The highest BCUT2D eigenvalue weighted by Crippen LogP contribution is 2.19. The second kappa shape index (κ2) is 4.39. The summed E-state index contributed by atoms with van der Waals surface area (Å²) in [5, 5.41) is 0. The molecule has 0 aromatic carbocycles. The molecule has 4 heteroatoms. The molecule has 3 unspecified atom stereocenters. The van der Waals surface area contributed by atoms with Crippen molar-refractivity contribution >= 4 is 5.97 Å². The Balaban J connectivity index is 2.65. The fourth-order valence-electron chi connectivity index (χ4n) is 1.20. The number of hydrogen-bond acceptors (Lipinski definition) is 4. The second-order valence-electron chi connectivity index (χ2n) is 2.93. The lowest BCUT2D eigenvalue weighted by molar-refractivity contribution is -0.181. The van der Waals surface area contributed by atoms with Crippen molar-refractivity contribution in [3.05, 3.63) is 12.2 Å². The van der Waals surface area contributed by atoms with Crippen LogP contribution in [0.25, 0.3) is 0 Å². The molecule has 0 amide bonds. The van der Waals surface area contributed by atoms with Crippen LogP contribution >= 0.6 is 0 Å². The van der Waals surface area contributed by atoms with Crippen LogP contribution in [0.4, 0.5) is 0 Å². The Morgan fingerprint density at radius 1 is 1.38 bits per heavy atom. The molecular weight excluding hydrogens is 172 g/mol. The van der Waals surface area contributed by atoms with Gasteiger partial charge < -0.3 is 14.2 Å². The van der Waals surface area contributed by atoms with Crippen LogP contribution in [0.3, 0.4) is 0 Å². The van der Waals surface area contributed by atoms with Gasteiger partial charge in [-0.2, -0.15) is 0 Å². The summed E-state index contributed by atoms with van der Waals surface area (Å²) >= 11 is 0. The van der Waals surface area contributed by atoms with Crippen LogP contribution in [-0.4, -0.2) is 32.6 Å². The van der Waals surface area contributed by atoms with Crippen LogP contribution in [0, 0.1) is 5.92 Å². The molecule has 0 saturated heterocycles. The van der Waals surface area contributed by atoms with Gasteiger partial charge in [-0.15, -0.1) is 0 Å². The predicted octanol–water partition coefficient (Wildman–Crippen LogP) is 0.723. The van der Waals surface area contributed by atoms with E-state index in [1.807, 2.05) is 13.0 Å². The largest absolute Gasteiger partial charge is 0.467 e. The van der Waals surface area contributed by atoms with Crippen molar-refractivity contribution in [2.45, 2.75) is 19.3 Å². The Kier molecular flexibility index (Phi) is 3.45. The van der Waals surface area contributed by atoms with E-state index < -0.39 is 12.4 Å². The first kappa shape index (κ1) is 10.2. The molecule has 74 valence electrons. The third-order valence-corrected chi connectivity index (χ3v) is 2.00. The number of carbonyl (C=O) groups excluding carboxylic acids is 1. The highest BCUT2D eigenvalue weighted by molar-refractivity contribution is 5.75. The van der Waals surface area contributed by atoms with Crippen molar-refractivity contribution in [1.82, 2.24) is 0 Å². The zero-order chi connectivity index (χ0) is 9.84. The van der Waals surface area contributed by atoms with Crippen LogP contribution in [0.1, 0.15) is 6.92 Å². The van der Waals surface area contributed by atoms with E-state index in [-0.39, 0.29) is 11.9 Å². The maximum atomic E-state index is 11.2. The molecule has 3 atom stereocenters. The molecular formula is C9H14O4. The van der Waals surface area contributed by atoms with Crippen LogP contribution in [0.2, 0.25) is 0 Å². The highest BCUT2D eigenvalue weighted by Gasteiger charge is 2.30. The molecule has 0 aliphatic carbocycles. The molecule has 0 aromatic heterocycles. The van der Waals surface area contributed by atoms with Crippen LogP contribution in [-0.2, 0) is 19.0 Å². The molecule has 13 heavy (non-hydrogen) atoms. The Hall–Kier alpha value is -0.870. The SMILES string of the molecule is COC(=O)C1OC(OC)C=CC1C. The molecule has 0 spiro atoms. The Morgan fingerprint density at radius 3 is 2.62 bits per heavy atom. The van der Waals surface area contributed by atoms with Gasteiger partial charge in [-0.1, -0.05) is 13.0 Å². The summed E-state index contributed by atoms with van der Waals surface area (Å²) in [6.45, 7) is 1.89. The van der Waals surface area contributed by atoms with Crippen molar-refractivity contribution < 1.29 is 19.0 Å². The van der Waals surface area contributed by atoms with Crippen molar-refractivity contribution in [3.8, 4) is 0 Å². The van der Waals surface area contributed by atoms with Crippen molar-refractivity contribution in [3.63, 3.8) is 0 Å². The van der Waals surface area contributed by atoms with Crippen LogP contribution in [0.15, 0.2) is 12.2 Å². The summed E-state index contributed by atoms with van der Waals surface area (Å²) < 4.78 is 14.9. The molecule has 0 N–H and O–H groups in total. The zero-order valence-electron chi connectivity index (χ0n) is 8.02. The first-order valence-electron chi connectivity index (χ1n) is 4.13. The summed E-state index contributed by atoms with van der Waals surface area (Å²) in [6.07, 6.45) is 2.67. The second-order valence-corrected chi connectivity index (χ2v) is 2.93. The zero-order valence-corrected chi connectivity index (χ0v) is 8.02. The number of hydrogen-bond donors (Lipinski definition) is 0. The minimum absolute atomic E-state index is 0.0267. The van der Waals surface area contributed by atoms with E-state index in [1.165, 1.54) is 14.2 Å². The third kappa shape index (κ3) is 2.29. The standard InChI is InChI=1S/C9H14O4/c1-6-4-5-7(11-2)13-8(6)9(10)12-3/h4-8H,1-3H3. The summed E-state index contributed by atoms with van der Waals surface area (Å²) in [5.41, 5.74) is 0. The minimum atomic E-state index is -0.556. The van der Waals surface area contributed by atoms with E-state index >= 15 is 0 Å². The van der Waals surface area contributed by atoms with E-state index in [9.17, 15) is 4.79 Å². The molecule has 0 bridgehead atoms. The van der Waals surface area contributed by atoms with Gasteiger partial charge in [0.25, 0.3) is 0 Å². The lowest BCUT2D eigenvalue weighted by Crippen LogP contribution is -2.38. The molecule has 1 heterocycles. The average molecular weight is 186 g/mol. The van der Waals surface area contributed by atoms with Gasteiger partial charge in [-0.3, -0.25) is 0 Å². The number of rotatable bonds is 2. The van der Waals surface area contributed by atoms with Gasteiger partial charge in [0.2, 0.25) is 0 Å². The van der Waals surface area contributed by atoms with Gasteiger partial charge >= 0.3 is 5.97 Å². The Labute approximate surface area is 77.5 Å². The normalized spacial score (nSPS) is 33.0. The monoisotopic (exact) mass is 186 g/mol. The third-order valence-electron chi connectivity index (χ3n) is 2.00. The van der Waals surface area contributed by atoms with E-state index in [0.29, 0.717) is 0 Å². The predicted molar refractivity (Wildman–Crippen MR) is 46.0 cm³/mol. The Morgan fingerprint density at radius 2 is 2.08 bits per heavy atom. The van der Waals surface area contributed by atoms with Gasteiger partial charge in [0.15, 0.2) is 12.4 Å².